The van der Waals surface area contributed by atoms with Crippen LogP contribution in [0.15, 0.2) is 0 Å². The first kappa shape index (κ1) is 13.5. The Morgan fingerprint density at radius 2 is 1.81 bits per heavy atom. The van der Waals surface area contributed by atoms with Gasteiger partial charge in [-0.15, -0.1) is 0 Å². The molecule has 16 heavy (non-hydrogen) atoms. The molecule has 0 aliphatic carbocycles. The second kappa shape index (κ2) is 8.53. The van der Waals surface area contributed by atoms with E-state index in [4.69, 9.17) is 5.11 Å². The fourth-order valence-electron chi connectivity index (χ4n) is 1.99. The van der Waals surface area contributed by atoms with E-state index in [0.29, 0.717) is 6.54 Å². The molecule has 1 saturated heterocycles. The molecular formula is C12H24N2O2. The molecule has 1 aliphatic heterocycles. The largest absolute Gasteiger partial charge is 0.396 e. The van der Waals surface area contributed by atoms with Gasteiger partial charge in [0.05, 0.1) is 6.54 Å². The highest BCUT2D eigenvalue weighted by atomic mass is 16.2. The maximum atomic E-state index is 11.8. The van der Waals surface area contributed by atoms with Crippen molar-refractivity contribution in [1.82, 2.24) is 10.2 Å². The third-order valence-corrected chi connectivity index (χ3v) is 3.00. The number of aliphatic hydroxyl groups is 1. The predicted octanol–water partition coefficient (Wildman–Crippen LogP) is 0.751. The van der Waals surface area contributed by atoms with E-state index < -0.39 is 0 Å². The zero-order valence-electron chi connectivity index (χ0n) is 10.1. The number of carbonyl (C=O) groups excluding carboxylic acids is 1. The Labute approximate surface area is 98.0 Å². The first-order valence-corrected chi connectivity index (χ1v) is 6.44. The monoisotopic (exact) mass is 228 g/mol. The molecule has 4 nitrogen and oxygen atoms in total. The van der Waals surface area contributed by atoms with Gasteiger partial charge in [-0.05, 0) is 32.2 Å². The maximum absolute atomic E-state index is 11.8. The molecule has 1 fully saturated rings. The van der Waals surface area contributed by atoms with Crippen LogP contribution in [0.2, 0.25) is 0 Å². The molecule has 2 N–H and O–H groups in total. The molecule has 0 radical (unpaired) electrons. The first-order chi connectivity index (χ1) is 7.84. The van der Waals surface area contributed by atoms with Crippen molar-refractivity contribution >= 4 is 5.91 Å². The standard InChI is InChI=1S/C12H24N2O2/c15-10-6-3-7-13-11-12(16)14-8-4-1-2-5-9-14/h13,15H,1-11H2. The average Bonchev–Trinajstić information content (AvgIpc) is 2.57. The first-order valence-electron chi connectivity index (χ1n) is 6.44. The van der Waals surface area contributed by atoms with Crippen molar-refractivity contribution in [2.24, 2.45) is 0 Å². The SMILES string of the molecule is O=C(CNCCCCO)N1CCCCCC1. The average molecular weight is 228 g/mol. The number of likely N-dealkylation sites (tertiary alicyclic amines) is 1. The van der Waals surface area contributed by atoms with Gasteiger partial charge in [-0.3, -0.25) is 4.79 Å². The van der Waals surface area contributed by atoms with Crippen molar-refractivity contribution in [1.29, 1.82) is 0 Å². The molecule has 0 spiro atoms. The lowest BCUT2D eigenvalue weighted by Crippen LogP contribution is -2.39. The van der Waals surface area contributed by atoms with Gasteiger partial charge in [0, 0.05) is 19.7 Å². The van der Waals surface area contributed by atoms with Gasteiger partial charge in [-0.1, -0.05) is 12.8 Å². The summed E-state index contributed by atoms with van der Waals surface area (Å²) >= 11 is 0. The molecule has 0 bridgehead atoms. The van der Waals surface area contributed by atoms with Gasteiger partial charge in [0.2, 0.25) is 5.91 Å². The van der Waals surface area contributed by atoms with Gasteiger partial charge in [0.1, 0.15) is 0 Å². The molecule has 4 heteroatoms. The van der Waals surface area contributed by atoms with Gasteiger partial charge in [0.15, 0.2) is 0 Å². The zero-order valence-corrected chi connectivity index (χ0v) is 10.1. The highest BCUT2D eigenvalue weighted by Gasteiger charge is 2.14. The highest BCUT2D eigenvalue weighted by Crippen LogP contribution is 2.09. The molecule has 0 unspecified atom stereocenters. The summed E-state index contributed by atoms with van der Waals surface area (Å²) in [5, 5.41) is 11.7. The Morgan fingerprint density at radius 3 is 2.44 bits per heavy atom. The van der Waals surface area contributed by atoms with E-state index in [2.05, 4.69) is 5.32 Å². The van der Waals surface area contributed by atoms with Crippen LogP contribution in [0.25, 0.3) is 0 Å². The molecule has 0 aromatic carbocycles. The number of unbranched alkanes of at least 4 members (excludes halogenated alkanes) is 1. The fraction of sp³-hybridized carbons (Fsp3) is 0.917. The molecular weight excluding hydrogens is 204 g/mol. The molecule has 1 amide bonds. The van der Waals surface area contributed by atoms with Crippen LogP contribution in [0.1, 0.15) is 38.5 Å². The summed E-state index contributed by atoms with van der Waals surface area (Å²) in [6.45, 7) is 3.36. The minimum absolute atomic E-state index is 0.228. The summed E-state index contributed by atoms with van der Waals surface area (Å²) in [6, 6.07) is 0. The number of rotatable bonds is 6. The quantitative estimate of drug-likeness (QED) is 0.660. The molecule has 1 rings (SSSR count). The summed E-state index contributed by atoms with van der Waals surface area (Å²) in [5.41, 5.74) is 0. The molecule has 0 aromatic heterocycles. The maximum Gasteiger partial charge on any atom is 0.236 e. The van der Waals surface area contributed by atoms with E-state index in [-0.39, 0.29) is 12.5 Å². The summed E-state index contributed by atoms with van der Waals surface area (Å²) in [7, 11) is 0. The third-order valence-electron chi connectivity index (χ3n) is 3.00. The molecule has 0 saturated carbocycles. The van der Waals surface area contributed by atoms with E-state index in [1.807, 2.05) is 4.90 Å². The third kappa shape index (κ3) is 5.47. The van der Waals surface area contributed by atoms with E-state index >= 15 is 0 Å². The van der Waals surface area contributed by atoms with E-state index in [0.717, 1.165) is 45.3 Å². The molecule has 1 heterocycles. The number of hydrogen-bond acceptors (Lipinski definition) is 3. The number of aliphatic hydroxyl groups excluding tert-OH is 1. The van der Waals surface area contributed by atoms with Crippen molar-refractivity contribution in [3.05, 3.63) is 0 Å². The molecule has 94 valence electrons. The van der Waals surface area contributed by atoms with Crippen LogP contribution >= 0.6 is 0 Å². The van der Waals surface area contributed by atoms with Crippen LogP contribution in [0.5, 0.6) is 0 Å². The van der Waals surface area contributed by atoms with E-state index in [9.17, 15) is 4.79 Å². The molecule has 1 aliphatic rings. The van der Waals surface area contributed by atoms with Crippen molar-refractivity contribution in [3.8, 4) is 0 Å². The number of hydrogen-bond donors (Lipinski definition) is 2. The van der Waals surface area contributed by atoms with E-state index in [1.165, 1.54) is 12.8 Å². The second-order valence-corrected chi connectivity index (χ2v) is 4.40. The van der Waals surface area contributed by atoms with Crippen LogP contribution in [-0.4, -0.2) is 48.7 Å². The van der Waals surface area contributed by atoms with Crippen molar-refractivity contribution in [2.75, 3.05) is 32.8 Å². The fourth-order valence-corrected chi connectivity index (χ4v) is 1.99. The summed E-state index contributed by atoms with van der Waals surface area (Å²) in [5.74, 6) is 0.228. The summed E-state index contributed by atoms with van der Waals surface area (Å²) in [4.78, 5) is 13.8. The van der Waals surface area contributed by atoms with E-state index in [1.54, 1.807) is 0 Å². The van der Waals surface area contributed by atoms with Crippen LogP contribution < -0.4 is 5.32 Å². The topological polar surface area (TPSA) is 52.6 Å². The van der Waals surface area contributed by atoms with Crippen LogP contribution in [0, 0.1) is 0 Å². The van der Waals surface area contributed by atoms with Crippen molar-refractivity contribution in [3.63, 3.8) is 0 Å². The number of amides is 1. The van der Waals surface area contributed by atoms with Crippen molar-refractivity contribution < 1.29 is 9.90 Å². The predicted molar refractivity (Wildman–Crippen MR) is 64.2 cm³/mol. The van der Waals surface area contributed by atoms with Gasteiger partial charge < -0.3 is 15.3 Å². The van der Waals surface area contributed by atoms with Crippen LogP contribution in [0.3, 0.4) is 0 Å². The smallest absolute Gasteiger partial charge is 0.236 e. The normalized spacial score (nSPS) is 17.2. The lowest BCUT2D eigenvalue weighted by atomic mass is 10.2. The van der Waals surface area contributed by atoms with Gasteiger partial charge in [0.25, 0.3) is 0 Å². The zero-order chi connectivity index (χ0) is 11.6. The lowest BCUT2D eigenvalue weighted by Gasteiger charge is -2.20. The van der Waals surface area contributed by atoms with Crippen molar-refractivity contribution in [2.45, 2.75) is 38.5 Å². The summed E-state index contributed by atoms with van der Waals surface area (Å²) in [6.07, 6.45) is 6.56. The Hall–Kier alpha value is -0.610. The number of nitrogens with zero attached hydrogens (tertiary/aromatic N) is 1. The Bertz CT molecular complexity index is 189. The Kier molecular flexibility index (Phi) is 7.17. The minimum Gasteiger partial charge on any atom is -0.396 e. The van der Waals surface area contributed by atoms with Gasteiger partial charge in [-0.2, -0.15) is 0 Å². The van der Waals surface area contributed by atoms with Crippen LogP contribution in [-0.2, 0) is 4.79 Å². The second-order valence-electron chi connectivity index (χ2n) is 4.40. The lowest BCUT2D eigenvalue weighted by molar-refractivity contribution is -0.130. The number of carbonyl (C=O) groups is 1. The van der Waals surface area contributed by atoms with Crippen LogP contribution in [0.4, 0.5) is 0 Å². The summed E-state index contributed by atoms with van der Waals surface area (Å²) < 4.78 is 0. The Balaban J connectivity index is 2.08. The van der Waals surface area contributed by atoms with Gasteiger partial charge in [-0.25, -0.2) is 0 Å². The Morgan fingerprint density at radius 1 is 1.12 bits per heavy atom. The molecule has 0 atom stereocenters. The minimum atomic E-state index is 0.228. The molecule has 0 aromatic rings. The van der Waals surface area contributed by atoms with Gasteiger partial charge >= 0.3 is 0 Å². The number of nitrogens with one attached hydrogen (secondary N) is 1. The highest BCUT2D eigenvalue weighted by molar-refractivity contribution is 5.78.